The van der Waals surface area contributed by atoms with Crippen molar-refractivity contribution in [2.24, 2.45) is 0 Å². The smallest absolute Gasteiger partial charge is 0.166 e. The minimum atomic E-state index is -1.29. The van der Waals surface area contributed by atoms with Crippen LogP contribution in [0.3, 0.4) is 0 Å². The van der Waals surface area contributed by atoms with E-state index in [1.807, 2.05) is 0 Å². The third kappa shape index (κ3) is 1.43. The van der Waals surface area contributed by atoms with Crippen LogP contribution < -0.4 is 0 Å². The Morgan fingerprint density at radius 3 is 1.50 bits per heavy atom. The van der Waals surface area contributed by atoms with Gasteiger partial charge in [-0.25, -0.2) is 13.2 Å². The van der Waals surface area contributed by atoms with Crippen LogP contribution in [0.1, 0.15) is 0 Å². The highest BCUT2D eigenvalue weighted by atomic mass is 79.9. The van der Waals surface area contributed by atoms with E-state index in [1.54, 1.807) is 0 Å². The predicted octanol–water partition coefficient (Wildman–Crippen LogP) is 4.17. The number of hydrogen-bond donors (Lipinski definition) is 0. The van der Waals surface area contributed by atoms with E-state index in [0.29, 0.717) is 0 Å². The van der Waals surface area contributed by atoms with Crippen molar-refractivity contribution in [1.29, 1.82) is 0 Å². The zero-order chi connectivity index (χ0) is 9.46. The summed E-state index contributed by atoms with van der Waals surface area (Å²) < 4.78 is 37.5. The van der Waals surface area contributed by atoms with Crippen LogP contribution in [-0.2, 0) is 0 Å². The van der Waals surface area contributed by atoms with E-state index < -0.39 is 32.0 Å². The first-order chi connectivity index (χ1) is 5.46. The van der Waals surface area contributed by atoms with Crippen LogP contribution in [0.25, 0.3) is 0 Å². The maximum Gasteiger partial charge on any atom is 0.166 e. The molecule has 1 rings (SSSR count). The van der Waals surface area contributed by atoms with Gasteiger partial charge in [-0.1, -0.05) is 23.2 Å². The first-order valence-corrected chi connectivity index (χ1v) is 4.18. The molecule has 0 fully saturated rings. The van der Waals surface area contributed by atoms with Crippen molar-refractivity contribution >= 4 is 39.1 Å². The maximum absolute atomic E-state index is 12.7. The Labute approximate surface area is 84.4 Å². The molecular weight excluding hydrogens is 280 g/mol. The minimum Gasteiger partial charge on any atom is -0.204 e. The van der Waals surface area contributed by atoms with Crippen LogP contribution in [0, 0.1) is 17.5 Å². The highest BCUT2D eigenvalue weighted by molar-refractivity contribution is 9.10. The molecule has 0 radical (unpaired) electrons. The summed E-state index contributed by atoms with van der Waals surface area (Å²) in [6.45, 7) is 0. The van der Waals surface area contributed by atoms with Crippen molar-refractivity contribution < 1.29 is 13.2 Å². The van der Waals surface area contributed by atoms with Crippen LogP contribution in [0.5, 0.6) is 0 Å². The fraction of sp³-hybridized carbons (Fsp3) is 0. The zero-order valence-corrected chi connectivity index (χ0v) is 8.37. The first kappa shape index (κ1) is 10.2. The van der Waals surface area contributed by atoms with Crippen LogP contribution >= 0.6 is 39.1 Å². The largest absolute Gasteiger partial charge is 0.204 e. The van der Waals surface area contributed by atoms with Gasteiger partial charge in [-0.2, -0.15) is 0 Å². The number of rotatable bonds is 0. The Hall–Kier alpha value is 0.0700. The second-order valence-corrected chi connectivity index (χ2v) is 3.43. The number of halogens is 6. The van der Waals surface area contributed by atoms with Crippen molar-refractivity contribution in [3.05, 3.63) is 32.0 Å². The Morgan fingerprint density at radius 1 is 0.833 bits per heavy atom. The van der Waals surface area contributed by atoms with Crippen molar-refractivity contribution in [2.45, 2.75) is 0 Å². The van der Waals surface area contributed by atoms with Crippen LogP contribution in [-0.4, -0.2) is 0 Å². The quantitative estimate of drug-likeness (QED) is 0.494. The van der Waals surface area contributed by atoms with E-state index in [1.165, 1.54) is 0 Å². The van der Waals surface area contributed by atoms with Crippen LogP contribution in [0.15, 0.2) is 4.47 Å². The fourth-order valence-electron chi connectivity index (χ4n) is 0.578. The van der Waals surface area contributed by atoms with Gasteiger partial charge in [0, 0.05) is 0 Å². The van der Waals surface area contributed by atoms with E-state index >= 15 is 0 Å². The Morgan fingerprint density at radius 2 is 1.17 bits per heavy atom. The third-order valence-corrected chi connectivity index (χ3v) is 2.52. The Balaban J connectivity index is 3.60. The SMILES string of the molecule is Fc1c(Cl)c(F)c(Br)c(F)c1Cl. The van der Waals surface area contributed by atoms with E-state index in [2.05, 4.69) is 15.9 Å². The van der Waals surface area contributed by atoms with Gasteiger partial charge in [0.1, 0.15) is 10.0 Å². The van der Waals surface area contributed by atoms with Crippen LogP contribution in [0.4, 0.5) is 13.2 Å². The predicted molar refractivity (Wildman–Crippen MR) is 44.0 cm³/mol. The molecule has 0 aromatic heterocycles. The molecule has 0 N–H and O–H groups in total. The lowest BCUT2D eigenvalue weighted by Crippen LogP contribution is -1.92. The van der Waals surface area contributed by atoms with Gasteiger partial charge in [-0.05, 0) is 15.9 Å². The normalized spacial score (nSPS) is 10.5. The van der Waals surface area contributed by atoms with E-state index in [4.69, 9.17) is 23.2 Å². The van der Waals surface area contributed by atoms with Crippen molar-refractivity contribution in [3.63, 3.8) is 0 Å². The summed E-state index contributed by atoms with van der Waals surface area (Å²) in [6.07, 6.45) is 0. The van der Waals surface area contributed by atoms with E-state index in [-0.39, 0.29) is 0 Å². The molecule has 0 spiro atoms. The molecule has 0 aliphatic heterocycles. The van der Waals surface area contributed by atoms with Crippen LogP contribution in [0.2, 0.25) is 10.0 Å². The molecule has 0 amide bonds. The van der Waals surface area contributed by atoms with Crippen molar-refractivity contribution in [3.8, 4) is 0 Å². The highest BCUT2D eigenvalue weighted by Gasteiger charge is 2.20. The van der Waals surface area contributed by atoms with Gasteiger partial charge < -0.3 is 0 Å². The summed E-state index contributed by atoms with van der Waals surface area (Å²) in [6, 6.07) is 0. The molecule has 0 saturated heterocycles. The zero-order valence-electron chi connectivity index (χ0n) is 5.27. The summed E-state index contributed by atoms with van der Waals surface area (Å²) >= 11 is 12.8. The molecule has 0 saturated carbocycles. The number of benzene rings is 1. The van der Waals surface area contributed by atoms with Gasteiger partial charge >= 0.3 is 0 Å². The molecule has 0 aliphatic carbocycles. The fourth-order valence-corrected chi connectivity index (χ4v) is 1.63. The van der Waals surface area contributed by atoms with Gasteiger partial charge in [-0.15, -0.1) is 0 Å². The summed E-state index contributed by atoms with van der Waals surface area (Å²) in [5, 5.41) is -1.65. The molecule has 12 heavy (non-hydrogen) atoms. The molecule has 1 aromatic carbocycles. The van der Waals surface area contributed by atoms with Gasteiger partial charge in [0.15, 0.2) is 17.5 Å². The lowest BCUT2D eigenvalue weighted by molar-refractivity contribution is 0.536. The maximum atomic E-state index is 12.7. The number of hydrogen-bond acceptors (Lipinski definition) is 0. The molecular formula is C6BrCl2F3. The van der Waals surface area contributed by atoms with Gasteiger partial charge in [-0.3, -0.25) is 0 Å². The van der Waals surface area contributed by atoms with Gasteiger partial charge in [0.2, 0.25) is 0 Å². The lowest BCUT2D eigenvalue weighted by Gasteiger charge is -2.03. The highest BCUT2D eigenvalue weighted by Crippen LogP contribution is 2.34. The molecule has 1 aromatic rings. The average molecular weight is 280 g/mol. The molecule has 0 heterocycles. The molecule has 6 heteroatoms. The summed E-state index contributed by atoms with van der Waals surface area (Å²) in [5.41, 5.74) is 0. The molecule has 0 atom stereocenters. The summed E-state index contributed by atoms with van der Waals surface area (Å²) in [7, 11) is 0. The first-order valence-electron chi connectivity index (χ1n) is 2.63. The average Bonchev–Trinajstić information content (AvgIpc) is 2.08. The molecule has 0 bridgehead atoms. The van der Waals surface area contributed by atoms with Gasteiger partial charge in [0.25, 0.3) is 0 Å². The third-order valence-electron chi connectivity index (χ3n) is 1.16. The topological polar surface area (TPSA) is 0 Å². The Bertz CT molecular complexity index is 235. The lowest BCUT2D eigenvalue weighted by atomic mass is 10.3. The molecule has 0 unspecified atom stereocenters. The minimum absolute atomic E-state index is 0.570. The molecule has 66 valence electrons. The summed E-state index contributed by atoms with van der Waals surface area (Å²) in [4.78, 5) is 0. The monoisotopic (exact) mass is 278 g/mol. The van der Waals surface area contributed by atoms with E-state index in [9.17, 15) is 13.2 Å². The van der Waals surface area contributed by atoms with Gasteiger partial charge in [0.05, 0.1) is 4.47 Å². The molecule has 0 aliphatic rings. The standard InChI is InChI=1S/C6BrCl2F3/c7-1-4(10)2(8)6(12)3(9)5(1)11. The van der Waals surface area contributed by atoms with E-state index in [0.717, 1.165) is 0 Å². The Kier molecular flexibility index (Phi) is 2.91. The second-order valence-electron chi connectivity index (χ2n) is 1.88. The second kappa shape index (κ2) is 3.44. The van der Waals surface area contributed by atoms with Crippen molar-refractivity contribution in [1.82, 2.24) is 0 Å². The van der Waals surface area contributed by atoms with Crippen molar-refractivity contribution in [2.75, 3.05) is 0 Å². The summed E-state index contributed by atoms with van der Waals surface area (Å²) in [5.74, 6) is -3.69. The molecule has 0 nitrogen and oxygen atoms in total.